The fourth-order valence-electron chi connectivity index (χ4n) is 3.27. The highest BCUT2D eigenvalue weighted by molar-refractivity contribution is 5.91. The number of nitrogens with zero attached hydrogens (tertiary/aromatic N) is 3. The summed E-state index contributed by atoms with van der Waals surface area (Å²) < 4.78 is 18.1. The number of fused-ring (bicyclic) bond motifs is 1. The molecule has 2 heterocycles. The molecule has 30 heavy (non-hydrogen) atoms. The lowest BCUT2D eigenvalue weighted by Gasteiger charge is -2.19. The summed E-state index contributed by atoms with van der Waals surface area (Å²) in [6.45, 7) is 5.29. The first-order valence-corrected chi connectivity index (χ1v) is 9.82. The van der Waals surface area contributed by atoms with Crippen molar-refractivity contribution >= 4 is 22.8 Å². The Bertz CT molecular complexity index is 1040. The molecule has 0 radical (unpaired) electrons. The van der Waals surface area contributed by atoms with Gasteiger partial charge < -0.3 is 20.5 Å². The van der Waals surface area contributed by atoms with Gasteiger partial charge in [0.2, 0.25) is 0 Å². The number of carbonyl (C=O) groups excluding carboxylic acids is 1. The van der Waals surface area contributed by atoms with Crippen molar-refractivity contribution in [3.05, 3.63) is 48.3 Å². The first kappa shape index (κ1) is 21.3. The fourth-order valence-corrected chi connectivity index (χ4v) is 3.27. The molecule has 3 N–H and O–H groups in total. The number of ether oxygens (including phenoxy) is 1. The third-order valence-electron chi connectivity index (χ3n) is 4.54. The lowest BCUT2D eigenvalue weighted by Crippen LogP contribution is -2.20. The van der Waals surface area contributed by atoms with E-state index in [2.05, 4.69) is 25.3 Å². The van der Waals surface area contributed by atoms with Crippen LogP contribution in [0, 0.1) is 5.82 Å². The van der Waals surface area contributed by atoms with Crippen molar-refractivity contribution in [2.75, 3.05) is 18.0 Å². The van der Waals surface area contributed by atoms with Crippen LogP contribution < -0.4 is 10.6 Å². The lowest BCUT2D eigenvalue weighted by molar-refractivity contribution is 0.125. The average molecular weight is 412 g/mol. The summed E-state index contributed by atoms with van der Waals surface area (Å²) in [6.07, 6.45) is 1.40. The van der Waals surface area contributed by atoms with Crippen molar-refractivity contribution in [2.45, 2.75) is 32.8 Å². The van der Waals surface area contributed by atoms with Crippen molar-refractivity contribution in [3.63, 3.8) is 0 Å². The number of amides is 1. The van der Waals surface area contributed by atoms with Gasteiger partial charge in [-0.1, -0.05) is 12.1 Å². The van der Waals surface area contributed by atoms with Gasteiger partial charge in [0.25, 0.3) is 0 Å². The summed E-state index contributed by atoms with van der Waals surface area (Å²) in [5.41, 5.74) is 5.90. The van der Waals surface area contributed by atoms with E-state index in [1.165, 1.54) is 12.1 Å². The number of hydrogen-bond donors (Lipinski definition) is 2. The number of anilines is 1. The number of primary amides is 1. The monoisotopic (exact) mass is 412 g/mol. The van der Waals surface area contributed by atoms with Crippen LogP contribution in [0.25, 0.3) is 22.3 Å². The highest BCUT2D eigenvalue weighted by Gasteiger charge is 2.19. The molecule has 0 saturated carbocycles. The van der Waals surface area contributed by atoms with Crippen LogP contribution in [0.3, 0.4) is 0 Å². The third-order valence-corrected chi connectivity index (χ3v) is 4.54. The van der Waals surface area contributed by atoms with Crippen LogP contribution in [0.4, 0.5) is 15.0 Å². The Morgan fingerprint density at radius 2 is 1.87 bits per heavy atom. The van der Waals surface area contributed by atoms with Gasteiger partial charge in [0.1, 0.15) is 17.4 Å². The average Bonchev–Trinajstić information content (AvgIpc) is 3.21. The fraction of sp³-hybridized carbons (Fsp3) is 0.318. The maximum atomic E-state index is 13.7. The van der Waals surface area contributed by atoms with Crippen molar-refractivity contribution in [2.24, 2.45) is 5.73 Å². The molecule has 4 rings (SSSR count). The van der Waals surface area contributed by atoms with E-state index in [0.29, 0.717) is 22.3 Å². The lowest BCUT2D eigenvalue weighted by atomic mass is 10.1. The third kappa shape index (κ3) is 5.14. The smallest absolute Gasteiger partial charge is 0.404 e. The number of nitrogens with two attached hydrogens (primary N) is 1. The van der Waals surface area contributed by atoms with Crippen LogP contribution >= 0.6 is 0 Å². The minimum Gasteiger partial charge on any atom is -0.507 e. The Morgan fingerprint density at radius 1 is 1.17 bits per heavy atom. The Labute approximate surface area is 174 Å². The number of hydrogen-bond acceptors (Lipinski definition) is 6. The molecule has 0 aliphatic carbocycles. The van der Waals surface area contributed by atoms with Gasteiger partial charge in [-0.2, -0.15) is 0 Å². The van der Waals surface area contributed by atoms with E-state index in [-0.39, 0.29) is 17.7 Å². The summed E-state index contributed by atoms with van der Waals surface area (Å²) >= 11 is 0. The first-order chi connectivity index (χ1) is 14.3. The van der Waals surface area contributed by atoms with Gasteiger partial charge in [0, 0.05) is 18.5 Å². The van der Waals surface area contributed by atoms with E-state index in [1.54, 1.807) is 38.1 Å². The Kier molecular flexibility index (Phi) is 6.66. The van der Waals surface area contributed by atoms with Crippen LogP contribution in [0.2, 0.25) is 0 Å². The molecule has 0 bridgehead atoms. The molecule has 0 atom stereocenters. The number of rotatable bonds is 3. The predicted octanol–water partition coefficient (Wildman–Crippen LogP) is 4.23. The van der Waals surface area contributed by atoms with Gasteiger partial charge in [-0.15, -0.1) is 0 Å². The van der Waals surface area contributed by atoms with Gasteiger partial charge in [-0.05, 0) is 57.0 Å². The van der Waals surface area contributed by atoms with E-state index in [1.807, 2.05) is 6.07 Å². The normalized spacial score (nSPS) is 13.3. The second-order valence-electron chi connectivity index (χ2n) is 7.23. The minimum absolute atomic E-state index is 0.0995. The molecule has 0 unspecified atom stereocenters. The summed E-state index contributed by atoms with van der Waals surface area (Å²) in [6, 6.07) is 11.5. The van der Waals surface area contributed by atoms with Crippen molar-refractivity contribution in [1.82, 2.24) is 9.97 Å². The molecule has 1 saturated heterocycles. The zero-order valence-electron chi connectivity index (χ0n) is 17.0. The number of carbonyl (C=O) groups is 1. The zero-order valence-corrected chi connectivity index (χ0v) is 17.0. The number of para-hydroxylation sites is 1. The van der Waals surface area contributed by atoms with Gasteiger partial charge in [0.05, 0.1) is 17.2 Å². The zero-order chi connectivity index (χ0) is 21.7. The molecule has 1 fully saturated rings. The molecule has 1 aromatic heterocycles. The molecule has 1 amide bonds. The number of phenols is 1. The molecule has 158 valence electrons. The van der Waals surface area contributed by atoms with Gasteiger partial charge in [0.15, 0.2) is 5.82 Å². The van der Waals surface area contributed by atoms with E-state index in [9.17, 15) is 14.3 Å². The van der Waals surface area contributed by atoms with E-state index in [0.717, 1.165) is 31.7 Å². The quantitative estimate of drug-likeness (QED) is 0.667. The SMILES string of the molecule is CC(C)OC(N)=O.Oc1ccccc1-c1nc(N2CCCC2)c2cc(F)ccc2n1. The molecular formula is C22H25FN4O3. The Hall–Kier alpha value is -3.42. The number of aromatic hydroxyl groups is 1. The van der Waals surface area contributed by atoms with Gasteiger partial charge in [-0.25, -0.2) is 19.2 Å². The van der Waals surface area contributed by atoms with E-state index >= 15 is 0 Å². The van der Waals surface area contributed by atoms with E-state index in [4.69, 9.17) is 0 Å². The predicted molar refractivity (Wildman–Crippen MR) is 114 cm³/mol. The van der Waals surface area contributed by atoms with Crippen LogP contribution in [-0.2, 0) is 4.74 Å². The van der Waals surface area contributed by atoms with Crippen LogP contribution in [-0.4, -0.2) is 40.4 Å². The molecule has 1 aliphatic rings. The van der Waals surface area contributed by atoms with Gasteiger partial charge >= 0.3 is 6.09 Å². The molecule has 8 heteroatoms. The van der Waals surface area contributed by atoms with Crippen molar-refractivity contribution in [3.8, 4) is 17.1 Å². The summed E-state index contributed by atoms with van der Waals surface area (Å²) in [5.74, 6) is 1.05. The number of benzene rings is 2. The van der Waals surface area contributed by atoms with Crippen LogP contribution in [0.5, 0.6) is 5.75 Å². The largest absolute Gasteiger partial charge is 0.507 e. The molecule has 2 aromatic carbocycles. The second kappa shape index (κ2) is 9.39. The van der Waals surface area contributed by atoms with Crippen molar-refractivity contribution in [1.29, 1.82) is 0 Å². The van der Waals surface area contributed by atoms with Gasteiger partial charge in [-0.3, -0.25) is 0 Å². The maximum absolute atomic E-state index is 13.7. The van der Waals surface area contributed by atoms with Crippen LogP contribution in [0.1, 0.15) is 26.7 Å². The highest BCUT2D eigenvalue weighted by atomic mass is 19.1. The summed E-state index contributed by atoms with van der Waals surface area (Å²) in [5, 5.41) is 10.8. The minimum atomic E-state index is -0.713. The Balaban J connectivity index is 0.000000318. The second-order valence-corrected chi connectivity index (χ2v) is 7.23. The molecule has 0 spiro atoms. The number of aromatic nitrogens is 2. The molecule has 7 nitrogen and oxygen atoms in total. The molecular weight excluding hydrogens is 387 g/mol. The van der Waals surface area contributed by atoms with Crippen LogP contribution in [0.15, 0.2) is 42.5 Å². The standard InChI is InChI=1S/C18H16FN3O.C4H9NO2/c19-12-7-8-15-14(11-12)18(22-9-3-4-10-22)21-17(20-15)13-5-1-2-6-16(13)23;1-3(2)7-4(5)6/h1-2,5-8,11,23H,3-4,9-10H2;3H,1-2H3,(H2,5,6). The summed E-state index contributed by atoms with van der Waals surface area (Å²) in [7, 11) is 0. The van der Waals surface area contributed by atoms with Crippen molar-refractivity contribution < 1.29 is 19.0 Å². The first-order valence-electron chi connectivity index (χ1n) is 9.82. The number of phenolic OH excluding ortho intramolecular Hbond substituents is 1. The number of halogens is 1. The molecule has 3 aromatic rings. The molecule has 1 aliphatic heterocycles. The maximum Gasteiger partial charge on any atom is 0.404 e. The Morgan fingerprint density at radius 3 is 2.47 bits per heavy atom. The van der Waals surface area contributed by atoms with E-state index < -0.39 is 6.09 Å². The highest BCUT2D eigenvalue weighted by Crippen LogP contribution is 2.32. The summed E-state index contributed by atoms with van der Waals surface area (Å²) in [4.78, 5) is 21.1. The topological polar surface area (TPSA) is 102 Å².